The first kappa shape index (κ1) is 33.1. The number of carbonyl (C=O) groups is 2. The molecule has 13 nitrogen and oxygen atoms in total. The molecule has 0 saturated heterocycles. The highest BCUT2D eigenvalue weighted by Gasteiger charge is 2.29. The van der Waals surface area contributed by atoms with E-state index in [1.54, 1.807) is 44.6 Å². The Kier molecular flexibility index (Phi) is 10.9. The van der Waals surface area contributed by atoms with Crippen LogP contribution in [-0.2, 0) is 22.5 Å². The molecule has 5 N–H and O–H groups in total. The van der Waals surface area contributed by atoms with Crippen LogP contribution in [0.4, 0.5) is 16.7 Å². The molecule has 3 atom stereocenters. The van der Waals surface area contributed by atoms with Crippen LogP contribution in [0.5, 0.6) is 0 Å². The minimum Gasteiger partial charge on any atom is -0.480 e. The van der Waals surface area contributed by atoms with Crippen LogP contribution in [0.15, 0.2) is 54.9 Å². The number of aliphatic carboxylic acids is 1. The van der Waals surface area contributed by atoms with Gasteiger partial charge in [0.15, 0.2) is 5.65 Å². The number of ether oxygens (including phenoxy) is 1. The fraction of sp³-hybridized carbons (Fsp3) is 0.438. The normalized spacial score (nSPS) is 13.6. The molecule has 0 saturated carbocycles. The van der Waals surface area contributed by atoms with Crippen molar-refractivity contribution in [2.24, 2.45) is 5.92 Å². The van der Waals surface area contributed by atoms with Crippen LogP contribution in [0, 0.1) is 5.92 Å². The Bertz CT molecular complexity index is 1570. The van der Waals surface area contributed by atoms with E-state index in [2.05, 4.69) is 36.0 Å². The van der Waals surface area contributed by atoms with Gasteiger partial charge in [0.1, 0.15) is 11.6 Å². The standard InChI is InChI=1S/C32H42N8O5/c1-6-22-18-36-40-27(22)38-29(39-30(40)35-17-21-11-13-23(14-12-21)25-9-7-8-16-33-25)34-19-24(41)15-10-20(2)26(28(42)43)37-31(44)45-32(3,4)5/h7-9,11-14,16,18,20,24,26,41H,6,10,15,17,19H2,1-5H3,(H,37,44)(H,42,43)(H2,34,35,38,39)/t20?,24-,26-/m1/s1. The molecule has 13 heteroatoms. The lowest BCUT2D eigenvalue weighted by Crippen LogP contribution is -2.47. The summed E-state index contributed by atoms with van der Waals surface area (Å²) in [6.07, 6.45) is 3.30. The third kappa shape index (κ3) is 9.35. The first-order valence-electron chi connectivity index (χ1n) is 15.1. The van der Waals surface area contributed by atoms with Crippen molar-refractivity contribution >= 4 is 29.6 Å². The van der Waals surface area contributed by atoms with Crippen LogP contribution in [0.2, 0.25) is 0 Å². The highest BCUT2D eigenvalue weighted by Crippen LogP contribution is 2.20. The van der Waals surface area contributed by atoms with E-state index in [9.17, 15) is 19.8 Å². The van der Waals surface area contributed by atoms with Crippen molar-refractivity contribution in [1.29, 1.82) is 0 Å². The molecule has 0 aliphatic carbocycles. The lowest BCUT2D eigenvalue weighted by molar-refractivity contribution is -0.141. The number of aliphatic hydroxyl groups is 1. The lowest BCUT2D eigenvalue weighted by Gasteiger charge is -2.25. The topological polar surface area (TPSA) is 176 Å². The average Bonchev–Trinajstić information content (AvgIpc) is 3.43. The predicted molar refractivity (Wildman–Crippen MR) is 171 cm³/mol. The van der Waals surface area contributed by atoms with E-state index in [-0.39, 0.29) is 6.54 Å². The Morgan fingerprint density at radius 3 is 2.44 bits per heavy atom. The number of anilines is 2. The first-order chi connectivity index (χ1) is 21.4. The van der Waals surface area contributed by atoms with Gasteiger partial charge in [-0.3, -0.25) is 4.98 Å². The third-order valence-corrected chi connectivity index (χ3v) is 7.15. The summed E-state index contributed by atoms with van der Waals surface area (Å²) in [5.74, 6) is -0.797. The van der Waals surface area contributed by atoms with E-state index in [1.807, 2.05) is 49.4 Å². The Balaban J connectivity index is 1.37. The number of aromatic nitrogens is 5. The summed E-state index contributed by atoms with van der Waals surface area (Å²) < 4.78 is 6.86. The number of amides is 1. The number of alkyl carbamates (subject to hydrolysis) is 1. The fourth-order valence-electron chi connectivity index (χ4n) is 4.69. The van der Waals surface area contributed by atoms with Gasteiger partial charge in [-0.1, -0.05) is 44.2 Å². The molecular weight excluding hydrogens is 576 g/mol. The lowest BCUT2D eigenvalue weighted by atomic mass is 9.95. The Hall–Kier alpha value is -4.78. The number of pyridine rings is 1. The van der Waals surface area contributed by atoms with Gasteiger partial charge in [0, 0.05) is 30.4 Å². The maximum absolute atomic E-state index is 12.1. The first-order valence-corrected chi connectivity index (χ1v) is 15.1. The molecule has 1 amide bonds. The van der Waals surface area contributed by atoms with Crippen LogP contribution in [0.25, 0.3) is 16.9 Å². The number of carbonyl (C=O) groups excluding carboxylic acids is 1. The molecule has 3 aromatic heterocycles. The highest BCUT2D eigenvalue weighted by molar-refractivity contribution is 5.80. The van der Waals surface area contributed by atoms with Crippen molar-refractivity contribution in [2.45, 2.75) is 78.2 Å². The molecule has 4 aromatic rings. The van der Waals surface area contributed by atoms with Crippen LogP contribution in [0.3, 0.4) is 0 Å². The van der Waals surface area contributed by atoms with Crippen molar-refractivity contribution < 1.29 is 24.5 Å². The van der Waals surface area contributed by atoms with Gasteiger partial charge in [0.25, 0.3) is 0 Å². The predicted octanol–water partition coefficient (Wildman–Crippen LogP) is 4.53. The van der Waals surface area contributed by atoms with Crippen molar-refractivity contribution in [3.05, 3.63) is 66.0 Å². The van der Waals surface area contributed by atoms with Gasteiger partial charge < -0.3 is 30.9 Å². The van der Waals surface area contributed by atoms with Gasteiger partial charge in [-0.2, -0.15) is 19.6 Å². The number of carboxylic acids is 1. The van der Waals surface area contributed by atoms with Crippen LogP contribution < -0.4 is 16.0 Å². The summed E-state index contributed by atoms with van der Waals surface area (Å²) in [5, 5.41) is 33.7. The van der Waals surface area contributed by atoms with E-state index in [0.29, 0.717) is 36.9 Å². The molecule has 45 heavy (non-hydrogen) atoms. The molecule has 3 heterocycles. The summed E-state index contributed by atoms with van der Waals surface area (Å²) in [6.45, 7) is 9.48. The average molecular weight is 619 g/mol. The van der Waals surface area contributed by atoms with E-state index in [4.69, 9.17) is 4.74 Å². The summed E-state index contributed by atoms with van der Waals surface area (Å²) >= 11 is 0. The quantitative estimate of drug-likeness (QED) is 0.134. The number of hydrogen-bond acceptors (Lipinski definition) is 10. The summed E-state index contributed by atoms with van der Waals surface area (Å²) in [4.78, 5) is 37.6. The second-order valence-electron chi connectivity index (χ2n) is 11.9. The summed E-state index contributed by atoms with van der Waals surface area (Å²) in [6, 6.07) is 12.8. The molecule has 0 fully saturated rings. The molecule has 0 aliphatic heterocycles. The molecule has 240 valence electrons. The van der Waals surface area contributed by atoms with E-state index >= 15 is 0 Å². The zero-order valence-electron chi connectivity index (χ0n) is 26.3. The van der Waals surface area contributed by atoms with Crippen molar-refractivity contribution in [1.82, 2.24) is 29.9 Å². The third-order valence-electron chi connectivity index (χ3n) is 7.15. The second kappa shape index (κ2) is 14.8. The smallest absolute Gasteiger partial charge is 0.408 e. The second-order valence-corrected chi connectivity index (χ2v) is 11.9. The summed E-state index contributed by atoms with van der Waals surface area (Å²) in [7, 11) is 0. The van der Waals surface area contributed by atoms with Crippen LogP contribution >= 0.6 is 0 Å². The van der Waals surface area contributed by atoms with Gasteiger partial charge in [0.05, 0.1) is 18.0 Å². The number of aryl methyl sites for hydroxylation is 1. The number of aliphatic hydroxyl groups excluding tert-OH is 1. The Labute approximate surface area is 262 Å². The van der Waals surface area contributed by atoms with Crippen molar-refractivity contribution in [3.63, 3.8) is 0 Å². The molecule has 0 aliphatic rings. The van der Waals surface area contributed by atoms with Crippen molar-refractivity contribution in [2.75, 3.05) is 17.2 Å². The van der Waals surface area contributed by atoms with Gasteiger partial charge in [-0.15, -0.1) is 0 Å². The zero-order valence-corrected chi connectivity index (χ0v) is 26.3. The summed E-state index contributed by atoms with van der Waals surface area (Å²) in [5.41, 5.74) is 3.84. The minimum atomic E-state index is -1.17. The van der Waals surface area contributed by atoms with E-state index in [0.717, 1.165) is 28.8 Å². The maximum atomic E-state index is 12.1. The number of nitrogens with one attached hydrogen (secondary N) is 3. The van der Waals surface area contributed by atoms with E-state index in [1.165, 1.54) is 0 Å². The minimum absolute atomic E-state index is 0.143. The number of fused-ring (bicyclic) bond motifs is 1. The van der Waals surface area contributed by atoms with Crippen LogP contribution in [-0.4, -0.2) is 71.1 Å². The molecule has 0 radical (unpaired) electrons. The zero-order chi connectivity index (χ0) is 32.6. The molecular formula is C32H42N8O5. The fourth-order valence-corrected chi connectivity index (χ4v) is 4.69. The van der Waals surface area contributed by atoms with Gasteiger partial charge in [-0.25, -0.2) is 9.59 Å². The highest BCUT2D eigenvalue weighted by atomic mass is 16.6. The largest absolute Gasteiger partial charge is 0.480 e. The molecule has 4 rings (SSSR count). The monoisotopic (exact) mass is 618 g/mol. The number of nitrogens with zero attached hydrogens (tertiary/aromatic N) is 5. The van der Waals surface area contributed by atoms with E-state index < -0.39 is 35.7 Å². The Morgan fingerprint density at radius 1 is 1.04 bits per heavy atom. The van der Waals surface area contributed by atoms with Crippen molar-refractivity contribution in [3.8, 4) is 11.3 Å². The van der Waals surface area contributed by atoms with Gasteiger partial charge >= 0.3 is 12.1 Å². The number of rotatable bonds is 14. The molecule has 1 aromatic carbocycles. The SMILES string of the molecule is CCc1cnn2c(NCc3ccc(-c4ccccn4)cc3)nc(NC[C@H](O)CCC(C)[C@@H](NC(=O)OC(C)(C)C)C(=O)O)nc12. The number of benzene rings is 1. The molecule has 1 unspecified atom stereocenters. The maximum Gasteiger partial charge on any atom is 0.408 e. The number of hydrogen-bond donors (Lipinski definition) is 5. The van der Waals surface area contributed by atoms with Gasteiger partial charge in [-0.05, 0) is 63.6 Å². The van der Waals surface area contributed by atoms with Gasteiger partial charge in [0.2, 0.25) is 11.9 Å². The molecule has 0 bridgehead atoms. The molecule has 0 spiro atoms. The van der Waals surface area contributed by atoms with Crippen LogP contribution in [0.1, 0.15) is 58.6 Å². The number of carboxylic acid groups (broad SMARTS) is 1. The Morgan fingerprint density at radius 2 is 1.80 bits per heavy atom.